The molecular formula is C11H24N4. The fraction of sp³-hybridized carbons (Fsp3) is 0.909. The minimum atomic E-state index is 0.359. The lowest BCUT2D eigenvalue weighted by atomic mass is 10.00. The van der Waals surface area contributed by atoms with E-state index in [1.54, 1.807) is 0 Å². The van der Waals surface area contributed by atoms with Gasteiger partial charge in [-0.2, -0.15) is 0 Å². The number of hydrogen-bond acceptors (Lipinski definition) is 2. The first-order valence-corrected chi connectivity index (χ1v) is 5.79. The average molecular weight is 212 g/mol. The van der Waals surface area contributed by atoms with Crippen LogP contribution in [0.2, 0.25) is 0 Å². The molecule has 1 rings (SSSR count). The molecule has 4 heteroatoms. The second-order valence-corrected chi connectivity index (χ2v) is 4.82. The molecular weight excluding hydrogens is 188 g/mol. The van der Waals surface area contributed by atoms with Crippen molar-refractivity contribution in [2.75, 3.05) is 13.6 Å². The first kappa shape index (κ1) is 12.3. The van der Waals surface area contributed by atoms with Crippen LogP contribution in [0, 0.1) is 0 Å². The van der Waals surface area contributed by atoms with E-state index in [0.717, 1.165) is 19.4 Å². The topological polar surface area (TPSA) is 53.6 Å². The summed E-state index contributed by atoms with van der Waals surface area (Å²) in [5.74, 6) is 0.590. The predicted octanol–water partition coefficient (Wildman–Crippen LogP) is 0.782. The summed E-state index contributed by atoms with van der Waals surface area (Å²) in [6, 6.07) is 1.36. The number of nitrogens with zero attached hydrogens (tertiary/aromatic N) is 2. The largest absolute Gasteiger partial charge is 0.370 e. The Labute approximate surface area is 92.9 Å². The van der Waals surface area contributed by atoms with E-state index in [1.165, 1.54) is 0 Å². The molecule has 1 saturated heterocycles. The number of nitrogens with two attached hydrogens (primary N) is 1. The van der Waals surface area contributed by atoms with E-state index in [2.05, 4.69) is 43.0 Å². The van der Waals surface area contributed by atoms with Crippen molar-refractivity contribution in [1.29, 1.82) is 0 Å². The smallest absolute Gasteiger partial charge is 0.189 e. The lowest BCUT2D eigenvalue weighted by Gasteiger charge is -2.33. The molecule has 0 aromatic carbocycles. The van der Waals surface area contributed by atoms with Crippen molar-refractivity contribution in [3.63, 3.8) is 0 Å². The third-order valence-corrected chi connectivity index (χ3v) is 2.94. The lowest BCUT2D eigenvalue weighted by molar-refractivity contribution is 0.184. The number of likely N-dealkylation sites (tertiary alicyclic amines) is 1. The van der Waals surface area contributed by atoms with Gasteiger partial charge in [0.25, 0.3) is 0 Å². The maximum Gasteiger partial charge on any atom is 0.189 e. The number of rotatable bonds is 2. The summed E-state index contributed by atoms with van der Waals surface area (Å²) in [4.78, 5) is 6.89. The van der Waals surface area contributed by atoms with Gasteiger partial charge in [-0.05, 0) is 40.7 Å². The van der Waals surface area contributed by atoms with Crippen molar-refractivity contribution in [3.8, 4) is 0 Å². The van der Waals surface area contributed by atoms with Gasteiger partial charge in [-0.25, -0.2) is 0 Å². The molecule has 0 saturated carbocycles. The normalized spacial score (nSPS) is 29.5. The Morgan fingerprint density at radius 1 is 1.53 bits per heavy atom. The van der Waals surface area contributed by atoms with Gasteiger partial charge in [0.2, 0.25) is 0 Å². The van der Waals surface area contributed by atoms with Gasteiger partial charge in [-0.15, -0.1) is 0 Å². The SMILES string of the molecule is CC(C)NC(N)=NC1CCN(C)C(C)C1. The molecule has 1 heterocycles. The number of nitrogens with one attached hydrogen (secondary N) is 1. The van der Waals surface area contributed by atoms with Crippen LogP contribution in [0.1, 0.15) is 33.6 Å². The van der Waals surface area contributed by atoms with Crippen molar-refractivity contribution < 1.29 is 0 Å². The first-order valence-electron chi connectivity index (χ1n) is 5.79. The zero-order valence-electron chi connectivity index (χ0n) is 10.3. The number of piperidine rings is 1. The van der Waals surface area contributed by atoms with Crippen LogP contribution < -0.4 is 11.1 Å². The molecule has 4 nitrogen and oxygen atoms in total. The molecule has 15 heavy (non-hydrogen) atoms. The highest BCUT2D eigenvalue weighted by molar-refractivity contribution is 5.78. The van der Waals surface area contributed by atoms with E-state index >= 15 is 0 Å². The Hall–Kier alpha value is -0.770. The van der Waals surface area contributed by atoms with Crippen LogP contribution in [-0.4, -0.2) is 42.6 Å². The van der Waals surface area contributed by atoms with E-state index in [9.17, 15) is 0 Å². The second kappa shape index (κ2) is 5.35. The molecule has 1 aliphatic rings. The lowest BCUT2D eigenvalue weighted by Crippen LogP contribution is -2.42. The monoisotopic (exact) mass is 212 g/mol. The summed E-state index contributed by atoms with van der Waals surface area (Å²) < 4.78 is 0. The molecule has 3 N–H and O–H groups in total. The highest BCUT2D eigenvalue weighted by Gasteiger charge is 2.22. The molecule has 0 amide bonds. The van der Waals surface area contributed by atoms with Crippen molar-refractivity contribution in [2.24, 2.45) is 10.7 Å². The fourth-order valence-corrected chi connectivity index (χ4v) is 1.91. The van der Waals surface area contributed by atoms with Crippen LogP contribution in [0.3, 0.4) is 0 Å². The summed E-state index contributed by atoms with van der Waals surface area (Å²) in [6.45, 7) is 7.50. The molecule has 88 valence electrons. The molecule has 1 aliphatic heterocycles. The molecule has 0 bridgehead atoms. The van der Waals surface area contributed by atoms with Gasteiger partial charge < -0.3 is 16.0 Å². The molecule has 0 spiro atoms. The van der Waals surface area contributed by atoms with Crippen molar-refractivity contribution in [3.05, 3.63) is 0 Å². The molecule has 0 aromatic rings. The van der Waals surface area contributed by atoms with Crippen LogP contribution in [0.4, 0.5) is 0 Å². The minimum absolute atomic E-state index is 0.359. The van der Waals surface area contributed by atoms with Gasteiger partial charge in [0.05, 0.1) is 6.04 Å². The minimum Gasteiger partial charge on any atom is -0.370 e. The van der Waals surface area contributed by atoms with E-state index in [0.29, 0.717) is 24.1 Å². The quantitative estimate of drug-likeness (QED) is 0.525. The van der Waals surface area contributed by atoms with Gasteiger partial charge in [0.1, 0.15) is 0 Å². The maximum absolute atomic E-state index is 5.81. The number of hydrogen-bond donors (Lipinski definition) is 2. The first-order chi connectivity index (χ1) is 6.99. The Morgan fingerprint density at radius 2 is 2.20 bits per heavy atom. The summed E-state index contributed by atoms with van der Waals surface area (Å²) in [7, 11) is 2.17. The number of aliphatic imine (C=N–C) groups is 1. The van der Waals surface area contributed by atoms with E-state index < -0.39 is 0 Å². The summed E-state index contributed by atoms with van der Waals surface area (Å²) in [6.07, 6.45) is 2.22. The van der Waals surface area contributed by atoms with Crippen molar-refractivity contribution >= 4 is 5.96 Å². The molecule has 1 fully saturated rings. The zero-order valence-corrected chi connectivity index (χ0v) is 10.3. The summed E-state index contributed by atoms with van der Waals surface area (Å²) in [5.41, 5.74) is 5.81. The Bertz CT molecular complexity index is 225. The van der Waals surface area contributed by atoms with Crippen LogP contribution in [-0.2, 0) is 0 Å². The maximum atomic E-state index is 5.81. The highest BCUT2D eigenvalue weighted by atomic mass is 15.2. The second-order valence-electron chi connectivity index (χ2n) is 4.82. The summed E-state index contributed by atoms with van der Waals surface area (Å²) >= 11 is 0. The van der Waals surface area contributed by atoms with Crippen LogP contribution in [0.5, 0.6) is 0 Å². The summed E-state index contributed by atoms with van der Waals surface area (Å²) in [5, 5.41) is 3.13. The molecule has 2 atom stereocenters. The van der Waals surface area contributed by atoms with Gasteiger partial charge >= 0.3 is 0 Å². The predicted molar refractivity (Wildman–Crippen MR) is 65.0 cm³/mol. The van der Waals surface area contributed by atoms with Crippen LogP contribution in [0.25, 0.3) is 0 Å². The Kier molecular flexibility index (Phi) is 4.39. The van der Waals surface area contributed by atoms with Crippen LogP contribution >= 0.6 is 0 Å². The van der Waals surface area contributed by atoms with Gasteiger partial charge in [0.15, 0.2) is 5.96 Å². The third kappa shape index (κ3) is 4.08. The van der Waals surface area contributed by atoms with Gasteiger partial charge in [0, 0.05) is 18.6 Å². The van der Waals surface area contributed by atoms with Crippen molar-refractivity contribution in [2.45, 2.75) is 51.7 Å². The molecule has 0 radical (unpaired) electrons. The van der Waals surface area contributed by atoms with Crippen molar-refractivity contribution in [1.82, 2.24) is 10.2 Å². The standard InChI is InChI=1S/C11H24N4/c1-8(2)13-11(12)14-10-5-6-15(4)9(3)7-10/h8-10H,5-7H2,1-4H3,(H3,12,13,14). The van der Waals surface area contributed by atoms with Crippen LogP contribution in [0.15, 0.2) is 4.99 Å². The van der Waals surface area contributed by atoms with E-state index in [4.69, 9.17) is 5.73 Å². The Balaban J connectivity index is 2.44. The van der Waals surface area contributed by atoms with E-state index in [-0.39, 0.29) is 0 Å². The molecule has 2 unspecified atom stereocenters. The fourth-order valence-electron chi connectivity index (χ4n) is 1.91. The zero-order chi connectivity index (χ0) is 11.4. The van der Waals surface area contributed by atoms with Gasteiger partial charge in [-0.1, -0.05) is 0 Å². The average Bonchev–Trinajstić information content (AvgIpc) is 2.10. The highest BCUT2D eigenvalue weighted by Crippen LogP contribution is 2.17. The Morgan fingerprint density at radius 3 is 2.73 bits per heavy atom. The molecule has 0 aromatic heterocycles. The number of guanidine groups is 1. The van der Waals surface area contributed by atoms with Gasteiger partial charge in [-0.3, -0.25) is 4.99 Å². The van der Waals surface area contributed by atoms with E-state index in [1.807, 2.05) is 0 Å². The third-order valence-electron chi connectivity index (χ3n) is 2.94. The molecule has 0 aliphatic carbocycles.